The van der Waals surface area contributed by atoms with Gasteiger partial charge in [0.1, 0.15) is 6.73 Å². The molecule has 0 spiro atoms. The van der Waals surface area contributed by atoms with Crippen molar-refractivity contribution in [1.29, 1.82) is 0 Å². The molecule has 2 atom stereocenters. The summed E-state index contributed by atoms with van der Waals surface area (Å²) in [6, 6.07) is 12.1. The van der Waals surface area contributed by atoms with Gasteiger partial charge in [0.25, 0.3) is 20.1 Å². The van der Waals surface area contributed by atoms with Crippen molar-refractivity contribution in [2.45, 2.75) is 89.6 Å². The van der Waals surface area contributed by atoms with Crippen molar-refractivity contribution in [2.75, 3.05) is 30.5 Å². The van der Waals surface area contributed by atoms with E-state index >= 15 is 0 Å². The molecule has 254 valence electrons. The Kier molecular flexibility index (Phi) is 11.9. The molecule has 2 heterocycles. The third kappa shape index (κ3) is 9.27. The normalized spacial score (nSPS) is 16.8. The van der Waals surface area contributed by atoms with Crippen LogP contribution in [-0.4, -0.2) is 68.3 Å². The van der Waals surface area contributed by atoms with Crippen molar-refractivity contribution in [3.8, 4) is 11.1 Å². The molecular formula is C32H46N2O9S2Si. The summed E-state index contributed by atoms with van der Waals surface area (Å²) in [5.41, 5.74) is 3.58. The average molecular weight is 695 g/mol. The number of hydrogen-bond acceptors (Lipinski definition) is 10. The van der Waals surface area contributed by atoms with Crippen LogP contribution >= 0.6 is 0 Å². The van der Waals surface area contributed by atoms with E-state index in [-0.39, 0.29) is 36.1 Å². The van der Waals surface area contributed by atoms with E-state index in [9.17, 15) is 16.8 Å². The number of nitrogens with zero attached hydrogens (tertiary/aromatic N) is 2. The Morgan fingerprint density at radius 2 is 1.78 bits per heavy atom. The van der Waals surface area contributed by atoms with Crippen LogP contribution in [0.15, 0.2) is 51.9 Å². The van der Waals surface area contributed by atoms with Crippen molar-refractivity contribution in [3.63, 3.8) is 0 Å². The molecule has 0 aliphatic carbocycles. The van der Waals surface area contributed by atoms with Gasteiger partial charge >= 0.3 is 0 Å². The smallest absolute Gasteiger partial charge is 0.269 e. The number of hydrogen-bond donors (Lipinski definition) is 0. The summed E-state index contributed by atoms with van der Waals surface area (Å²) < 4.78 is 82.3. The minimum Gasteiger partial charge on any atom is -0.360 e. The Bertz CT molecular complexity index is 1700. The molecule has 14 heteroatoms. The molecule has 46 heavy (non-hydrogen) atoms. The summed E-state index contributed by atoms with van der Waals surface area (Å²) in [5.74, 6) is 0.101. The van der Waals surface area contributed by atoms with Crippen LogP contribution in [-0.2, 0) is 51.6 Å². The number of sulfonamides is 1. The van der Waals surface area contributed by atoms with Gasteiger partial charge in [0.05, 0.1) is 38.1 Å². The quantitative estimate of drug-likeness (QED) is 0.107. The second-order valence-electron chi connectivity index (χ2n) is 12.7. The van der Waals surface area contributed by atoms with Gasteiger partial charge in [-0.15, -0.1) is 0 Å². The molecule has 0 N–H and O–H groups in total. The summed E-state index contributed by atoms with van der Waals surface area (Å²) in [4.78, 5) is 0.0608. The maximum absolute atomic E-state index is 14.6. The van der Waals surface area contributed by atoms with Crippen molar-refractivity contribution in [2.24, 2.45) is 0 Å². The lowest BCUT2D eigenvalue weighted by atomic mass is 9.96. The summed E-state index contributed by atoms with van der Waals surface area (Å²) in [6.07, 6.45) is 3.98. The summed E-state index contributed by atoms with van der Waals surface area (Å²) in [6.45, 7) is 12.5. The maximum Gasteiger partial charge on any atom is 0.269 e. The summed E-state index contributed by atoms with van der Waals surface area (Å²) in [5, 5.41) is 4.02. The number of aryl methyl sites for hydroxylation is 1. The lowest BCUT2D eigenvalue weighted by Crippen LogP contribution is -2.42. The van der Waals surface area contributed by atoms with Crippen LogP contribution in [0, 0.1) is 13.8 Å². The SMILES string of the molecule is Cc1noc(N(COC(C)[Si](C)(C)C)S(=O)(=O)c2ccccc2-c2ccc(COS(C)(=O)=O)cc2CCOC2CCCCO2)c1C. The van der Waals surface area contributed by atoms with Crippen LogP contribution < -0.4 is 4.31 Å². The third-order valence-corrected chi connectivity index (χ3v) is 13.1. The van der Waals surface area contributed by atoms with Gasteiger partial charge in [-0.1, -0.05) is 61.2 Å². The van der Waals surface area contributed by atoms with Gasteiger partial charge in [-0.05, 0) is 69.2 Å². The monoisotopic (exact) mass is 694 g/mol. The topological polar surface area (TPSA) is 134 Å². The number of aromatic nitrogens is 1. The fourth-order valence-electron chi connectivity index (χ4n) is 4.86. The first kappa shape index (κ1) is 36.2. The van der Waals surface area contributed by atoms with Crippen molar-refractivity contribution >= 4 is 34.1 Å². The number of benzene rings is 2. The molecule has 1 aliphatic heterocycles. The molecule has 2 unspecified atom stereocenters. The maximum atomic E-state index is 14.6. The lowest BCUT2D eigenvalue weighted by Gasteiger charge is -2.29. The minimum absolute atomic E-state index is 0.0608. The van der Waals surface area contributed by atoms with Gasteiger partial charge < -0.3 is 18.7 Å². The Labute approximate surface area is 274 Å². The molecule has 11 nitrogen and oxygen atoms in total. The highest BCUT2D eigenvalue weighted by Gasteiger charge is 2.34. The van der Waals surface area contributed by atoms with Crippen LogP contribution in [0.25, 0.3) is 11.1 Å². The Balaban J connectivity index is 1.75. The Morgan fingerprint density at radius 3 is 2.41 bits per heavy atom. The van der Waals surface area contributed by atoms with Crippen molar-refractivity contribution < 1.29 is 39.8 Å². The van der Waals surface area contributed by atoms with Crippen LogP contribution in [0.5, 0.6) is 0 Å². The van der Waals surface area contributed by atoms with Crippen LogP contribution in [0.2, 0.25) is 19.6 Å². The molecule has 0 radical (unpaired) electrons. The van der Waals surface area contributed by atoms with Gasteiger partial charge in [-0.3, -0.25) is 4.18 Å². The molecular weight excluding hydrogens is 649 g/mol. The third-order valence-electron chi connectivity index (χ3n) is 8.19. The zero-order valence-corrected chi connectivity index (χ0v) is 30.4. The fraction of sp³-hybridized carbons (Fsp3) is 0.531. The highest BCUT2D eigenvalue weighted by Crippen LogP contribution is 2.36. The van der Waals surface area contributed by atoms with E-state index < -0.39 is 28.2 Å². The zero-order chi connectivity index (χ0) is 33.7. The number of anilines is 1. The van der Waals surface area contributed by atoms with E-state index in [2.05, 4.69) is 24.8 Å². The van der Waals surface area contributed by atoms with Gasteiger partial charge in [-0.25, -0.2) is 12.7 Å². The molecule has 1 aliphatic rings. The minimum atomic E-state index is -4.24. The van der Waals surface area contributed by atoms with Gasteiger partial charge in [0.2, 0.25) is 5.88 Å². The fourth-order valence-corrected chi connectivity index (χ4v) is 7.32. The first-order valence-corrected chi connectivity index (χ1v) is 22.3. The van der Waals surface area contributed by atoms with Crippen molar-refractivity contribution in [1.82, 2.24) is 5.16 Å². The summed E-state index contributed by atoms with van der Waals surface area (Å²) in [7, 11) is -9.66. The van der Waals surface area contributed by atoms with Crippen LogP contribution in [0.3, 0.4) is 0 Å². The first-order valence-electron chi connectivity index (χ1n) is 15.4. The molecule has 4 rings (SSSR count). The Hall–Kier alpha value is -2.59. The zero-order valence-electron chi connectivity index (χ0n) is 27.7. The lowest BCUT2D eigenvalue weighted by molar-refractivity contribution is -0.161. The predicted molar refractivity (Wildman–Crippen MR) is 179 cm³/mol. The highest BCUT2D eigenvalue weighted by molar-refractivity contribution is 7.93. The van der Waals surface area contributed by atoms with E-state index in [4.69, 9.17) is 22.9 Å². The Morgan fingerprint density at radius 1 is 1.04 bits per heavy atom. The first-order chi connectivity index (χ1) is 21.6. The molecule has 0 bridgehead atoms. The second-order valence-corrected chi connectivity index (χ2v) is 21.7. The standard InChI is InChI=1S/C32H46N2O9S2Si/c1-23-24(2)33-43-32(23)34(22-41-25(3)46(5,6)7)45(37,38)30-13-9-8-12-29(30)28-16-15-26(21-42-44(4,35)36)20-27(28)17-19-40-31-14-10-11-18-39-31/h8-9,12-13,15-16,20,25,31H,10-11,14,17-19,21-22H2,1-7H3. The van der Waals surface area contributed by atoms with Gasteiger partial charge in [0.15, 0.2) is 6.29 Å². The average Bonchev–Trinajstić information content (AvgIpc) is 3.33. The largest absolute Gasteiger partial charge is 0.360 e. The molecule has 1 fully saturated rings. The van der Waals surface area contributed by atoms with Gasteiger partial charge in [0, 0.05) is 23.5 Å². The molecule has 1 aromatic heterocycles. The second kappa shape index (κ2) is 15.1. The predicted octanol–water partition coefficient (Wildman–Crippen LogP) is 5.96. The highest BCUT2D eigenvalue weighted by atomic mass is 32.2. The summed E-state index contributed by atoms with van der Waals surface area (Å²) >= 11 is 0. The van der Waals surface area contributed by atoms with Gasteiger partial charge in [-0.2, -0.15) is 8.42 Å². The van der Waals surface area contributed by atoms with Crippen LogP contribution in [0.4, 0.5) is 5.88 Å². The van der Waals surface area contributed by atoms with E-state index in [1.54, 1.807) is 50.2 Å². The molecule has 0 saturated carbocycles. The number of ether oxygens (including phenoxy) is 3. The molecule has 3 aromatic rings. The van der Waals surface area contributed by atoms with E-state index in [0.717, 1.165) is 35.4 Å². The molecule has 1 saturated heterocycles. The van der Waals surface area contributed by atoms with E-state index in [0.29, 0.717) is 47.6 Å². The molecule has 0 amide bonds. The number of rotatable bonds is 15. The van der Waals surface area contributed by atoms with E-state index in [1.807, 2.05) is 13.0 Å². The molecule has 2 aromatic carbocycles. The van der Waals surface area contributed by atoms with E-state index in [1.165, 1.54) is 0 Å². The van der Waals surface area contributed by atoms with Crippen LogP contribution in [0.1, 0.15) is 48.6 Å². The van der Waals surface area contributed by atoms with Crippen molar-refractivity contribution in [3.05, 3.63) is 64.8 Å².